The fraction of sp³-hybridized carbons (Fsp3) is 0.458. The minimum absolute atomic E-state index is 0.0172. The van der Waals surface area contributed by atoms with E-state index < -0.39 is 24.1 Å². The molecule has 0 unspecified atom stereocenters. The second-order valence-electron chi connectivity index (χ2n) is 8.64. The smallest absolute Gasteiger partial charge is 0.490 e. The van der Waals surface area contributed by atoms with E-state index in [0.29, 0.717) is 35.5 Å². The van der Waals surface area contributed by atoms with Gasteiger partial charge in [-0.2, -0.15) is 18.4 Å². The van der Waals surface area contributed by atoms with Crippen LogP contribution in [0.3, 0.4) is 0 Å². The van der Waals surface area contributed by atoms with Crippen molar-refractivity contribution in [3.8, 4) is 17.6 Å². The number of nitrogens with zero attached hydrogens (tertiary/aromatic N) is 3. The number of primary amides is 1. The number of ether oxygens (including phenoxy) is 2. The van der Waals surface area contributed by atoms with Crippen molar-refractivity contribution in [2.75, 3.05) is 13.1 Å². The summed E-state index contributed by atoms with van der Waals surface area (Å²) in [5, 5.41) is 16.6. The van der Waals surface area contributed by atoms with Crippen LogP contribution in [-0.4, -0.2) is 70.3 Å². The molecule has 1 aromatic carbocycles. The highest BCUT2D eigenvalue weighted by Crippen LogP contribution is 2.33. The zero-order valence-corrected chi connectivity index (χ0v) is 20.7. The molecule has 38 heavy (non-hydrogen) atoms. The molecular formula is C24H28F3N5O6. The summed E-state index contributed by atoms with van der Waals surface area (Å²) in [6.07, 6.45) is -2.34. The number of amides is 2. The number of carbonyl (C=O) groups is 3. The van der Waals surface area contributed by atoms with E-state index in [0.717, 1.165) is 12.8 Å². The third-order valence-corrected chi connectivity index (χ3v) is 5.29. The quantitative estimate of drug-likeness (QED) is 0.476. The Bertz CT molecular complexity index is 1210. The Labute approximate surface area is 216 Å². The van der Waals surface area contributed by atoms with Gasteiger partial charge in [0.05, 0.1) is 42.3 Å². The molecule has 0 aliphatic carbocycles. The summed E-state index contributed by atoms with van der Waals surface area (Å²) < 4.78 is 43.8. The summed E-state index contributed by atoms with van der Waals surface area (Å²) in [4.78, 5) is 39.2. The molecule has 1 saturated heterocycles. The molecule has 2 amide bonds. The first-order valence-electron chi connectivity index (χ1n) is 11.5. The van der Waals surface area contributed by atoms with Crippen LogP contribution in [0.2, 0.25) is 0 Å². The Kier molecular flexibility index (Phi) is 10.2. The maximum absolute atomic E-state index is 12.5. The van der Waals surface area contributed by atoms with Crippen LogP contribution < -0.4 is 20.9 Å². The Morgan fingerprint density at radius 3 is 2.50 bits per heavy atom. The topological polar surface area (TPSA) is 182 Å². The number of fused-ring (bicyclic) bond motifs is 1. The minimum atomic E-state index is -5.08. The van der Waals surface area contributed by atoms with Gasteiger partial charge in [-0.1, -0.05) is 0 Å². The van der Waals surface area contributed by atoms with Crippen LogP contribution in [0.1, 0.15) is 43.5 Å². The monoisotopic (exact) mass is 539 g/mol. The molecule has 1 aliphatic heterocycles. The molecule has 0 spiro atoms. The van der Waals surface area contributed by atoms with Crippen molar-refractivity contribution in [1.29, 1.82) is 5.26 Å². The third-order valence-electron chi connectivity index (χ3n) is 5.29. The molecule has 2 heterocycles. The van der Waals surface area contributed by atoms with Crippen LogP contribution in [0.15, 0.2) is 24.4 Å². The number of carboxylic acids is 1. The van der Waals surface area contributed by atoms with Gasteiger partial charge in [0, 0.05) is 18.1 Å². The van der Waals surface area contributed by atoms with Crippen LogP contribution in [0.25, 0.3) is 10.9 Å². The fourth-order valence-corrected chi connectivity index (χ4v) is 3.63. The molecule has 1 fully saturated rings. The van der Waals surface area contributed by atoms with Crippen LogP contribution in [0.4, 0.5) is 13.2 Å². The molecule has 1 aromatic heterocycles. The largest absolute Gasteiger partial charge is 0.490 e. The molecule has 0 bridgehead atoms. The number of likely N-dealkylation sites (tertiary alicyclic amines) is 1. The van der Waals surface area contributed by atoms with E-state index in [1.807, 2.05) is 19.9 Å². The molecule has 14 heteroatoms. The van der Waals surface area contributed by atoms with Crippen molar-refractivity contribution in [3.63, 3.8) is 0 Å². The number of rotatable bonds is 7. The Morgan fingerprint density at radius 1 is 1.29 bits per heavy atom. The van der Waals surface area contributed by atoms with E-state index in [2.05, 4.69) is 4.98 Å². The van der Waals surface area contributed by atoms with Gasteiger partial charge >= 0.3 is 12.1 Å². The number of halogens is 3. The number of nitrogens with two attached hydrogens (primary N) is 2. The molecule has 2 atom stereocenters. The van der Waals surface area contributed by atoms with E-state index in [1.165, 1.54) is 0 Å². The van der Waals surface area contributed by atoms with Crippen molar-refractivity contribution in [2.24, 2.45) is 11.5 Å². The van der Waals surface area contributed by atoms with Gasteiger partial charge in [0.1, 0.15) is 17.6 Å². The lowest BCUT2D eigenvalue weighted by Gasteiger charge is -2.34. The van der Waals surface area contributed by atoms with E-state index in [1.54, 1.807) is 29.3 Å². The maximum Gasteiger partial charge on any atom is 0.490 e. The van der Waals surface area contributed by atoms with Crippen molar-refractivity contribution in [1.82, 2.24) is 9.88 Å². The third kappa shape index (κ3) is 8.20. The lowest BCUT2D eigenvalue weighted by atomic mass is 10.1. The molecule has 0 radical (unpaired) electrons. The minimum Gasteiger partial charge on any atom is -0.490 e. The highest BCUT2D eigenvalue weighted by molar-refractivity contribution is 6.01. The first kappa shape index (κ1) is 30.1. The predicted octanol–water partition coefficient (Wildman–Crippen LogP) is 2.36. The van der Waals surface area contributed by atoms with E-state index in [-0.39, 0.29) is 30.1 Å². The van der Waals surface area contributed by atoms with Crippen LogP contribution in [0, 0.1) is 11.3 Å². The standard InChI is InChI=1S/C22H27N5O4.C2HF3O2/c1-13(2)30-20-11-15-18(10-16(20)21(25)28)26-8-6-19(15)31-14-4-3-9-27(12-14)22(29)17(24)5-7-23;3-2(4,5)1(6)7/h6,8,10-11,13-14,17H,3-5,9,12,24H2,1-2H3,(H2,25,28);(H,6,7)/t14-,17+;/m1./s1. The average molecular weight is 540 g/mol. The predicted molar refractivity (Wildman–Crippen MR) is 128 cm³/mol. The first-order valence-corrected chi connectivity index (χ1v) is 11.5. The van der Waals surface area contributed by atoms with E-state index >= 15 is 0 Å². The molecule has 2 aromatic rings. The summed E-state index contributed by atoms with van der Waals surface area (Å²) in [6.45, 7) is 4.69. The van der Waals surface area contributed by atoms with Crippen LogP contribution in [0.5, 0.6) is 11.5 Å². The van der Waals surface area contributed by atoms with E-state index in [9.17, 15) is 22.8 Å². The van der Waals surface area contributed by atoms with Gasteiger partial charge in [-0.25, -0.2) is 4.79 Å². The van der Waals surface area contributed by atoms with Gasteiger partial charge in [0.2, 0.25) is 5.91 Å². The Morgan fingerprint density at radius 2 is 1.95 bits per heavy atom. The van der Waals surface area contributed by atoms with Crippen molar-refractivity contribution in [3.05, 3.63) is 30.0 Å². The second kappa shape index (κ2) is 12.9. The van der Waals surface area contributed by atoms with E-state index in [4.69, 9.17) is 36.1 Å². The highest BCUT2D eigenvalue weighted by atomic mass is 19.4. The average Bonchev–Trinajstić information content (AvgIpc) is 2.83. The molecule has 5 N–H and O–H groups in total. The summed E-state index contributed by atoms with van der Waals surface area (Å²) >= 11 is 0. The molecule has 3 rings (SSSR count). The normalized spacial score (nSPS) is 16.2. The molecule has 0 saturated carbocycles. The summed E-state index contributed by atoms with van der Waals surface area (Å²) in [6, 6.07) is 6.16. The molecular weight excluding hydrogens is 511 g/mol. The lowest BCUT2D eigenvalue weighted by molar-refractivity contribution is -0.192. The molecule has 11 nitrogen and oxygen atoms in total. The number of aliphatic carboxylic acids is 1. The zero-order valence-electron chi connectivity index (χ0n) is 20.7. The Hall–Kier alpha value is -4.12. The van der Waals surface area contributed by atoms with Gasteiger partial charge in [-0.3, -0.25) is 14.6 Å². The summed E-state index contributed by atoms with van der Waals surface area (Å²) in [5.41, 5.74) is 12.1. The lowest BCUT2D eigenvalue weighted by Crippen LogP contribution is -2.50. The number of hydrogen-bond donors (Lipinski definition) is 3. The number of nitriles is 1. The number of pyridine rings is 1. The SMILES string of the molecule is CC(C)Oc1cc2c(O[C@@H]3CCCN(C(=O)[C@@H](N)CC#N)C3)ccnc2cc1C(N)=O.O=C(O)C(F)(F)F. The van der Waals surface area contributed by atoms with Crippen LogP contribution in [-0.2, 0) is 9.59 Å². The number of carboxylic acid groups (broad SMARTS) is 1. The first-order chi connectivity index (χ1) is 17.7. The molecule has 206 valence electrons. The maximum atomic E-state index is 12.5. The van der Waals surface area contributed by atoms with Gasteiger partial charge in [0.15, 0.2) is 0 Å². The Balaban J connectivity index is 0.000000638. The summed E-state index contributed by atoms with van der Waals surface area (Å²) in [7, 11) is 0. The number of benzene rings is 1. The van der Waals surface area contributed by atoms with Crippen molar-refractivity contribution < 1.29 is 42.1 Å². The fourth-order valence-electron chi connectivity index (χ4n) is 3.63. The number of alkyl halides is 3. The van der Waals surface area contributed by atoms with Gasteiger partial charge < -0.3 is 30.9 Å². The number of hydrogen-bond acceptors (Lipinski definition) is 8. The number of piperidine rings is 1. The van der Waals surface area contributed by atoms with Crippen LogP contribution >= 0.6 is 0 Å². The van der Waals surface area contributed by atoms with Gasteiger partial charge in [0.25, 0.3) is 5.91 Å². The number of carbonyl (C=O) groups excluding carboxylic acids is 2. The zero-order chi connectivity index (χ0) is 28.6. The molecule has 1 aliphatic rings. The van der Waals surface area contributed by atoms with Crippen molar-refractivity contribution >= 4 is 28.7 Å². The number of aromatic nitrogens is 1. The van der Waals surface area contributed by atoms with Crippen molar-refractivity contribution in [2.45, 2.75) is 57.5 Å². The highest BCUT2D eigenvalue weighted by Gasteiger charge is 2.38. The second-order valence-corrected chi connectivity index (χ2v) is 8.64. The summed E-state index contributed by atoms with van der Waals surface area (Å²) in [5.74, 6) is -2.65. The van der Waals surface area contributed by atoms with Gasteiger partial charge in [-0.05, 0) is 44.9 Å². The van der Waals surface area contributed by atoms with Gasteiger partial charge in [-0.15, -0.1) is 0 Å².